The van der Waals surface area contributed by atoms with E-state index in [1.807, 2.05) is 6.07 Å². The summed E-state index contributed by atoms with van der Waals surface area (Å²) in [5.41, 5.74) is -0.172. The Morgan fingerprint density at radius 3 is 2.52 bits per heavy atom. The van der Waals surface area contributed by atoms with Crippen molar-refractivity contribution >= 4 is 23.4 Å². The molecule has 21 heavy (non-hydrogen) atoms. The van der Waals surface area contributed by atoms with E-state index in [1.165, 1.54) is 0 Å². The van der Waals surface area contributed by atoms with E-state index >= 15 is 0 Å². The molecule has 6 nitrogen and oxygen atoms in total. The van der Waals surface area contributed by atoms with Gasteiger partial charge in [-0.25, -0.2) is 4.98 Å². The van der Waals surface area contributed by atoms with Crippen LogP contribution in [0.4, 0.5) is 11.8 Å². The molecule has 0 N–H and O–H groups in total. The summed E-state index contributed by atoms with van der Waals surface area (Å²) in [4.78, 5) is 13.4. The van der Waals surface area contributed by atoms with Crippen LogP contribution in [0.15, 0.2) is 6.07 Å². The van der Waals surface area contributed by atoms with E-state index in [-0.39, 0.29) is 5.60 Å². The molecular weight excluding hydrogens is 292 g/mol. The Morgan fingerprint density at radius 2 is 1.81 bits per heavy atom. The van der Waals surface area contributed by atoms with E-state index in [9.17, 15) is 0 Å². The van der Waals surface area contributed by atoms with Gasteiger partial charge < -0.3 is 19.3 Å². The van der Waals surface area contributed by atoms with E-state index < -0.39 is 0 Å². The van der Waals surface area contributed by atoms with Crippen LogP contribution in [-0.2, 0) is 9.47 Å². The van der Waals surface area contributed by atoms with Gasteiger partial charge in [0.25, 0.3) is 0 Å². The minimum Gasteiger partial charge on any atom is -0.378 e. The van der Waals surface area contributed by atoms with Crippen molar-refractivity contribution in [3.8, 4) is 0 Å². The highest BCUT2D eigenvalue weighted by Crippen LogP contribution is 2.25. The van der Waals surface area contributed by atoms with Crippen molar-refractivity contribution in [2.24, 2.45) is 0 Å². The van der Waals surface area contributed by atoms with Crippen molar-refractivity contribution in [2.75, 3.05) is 55.8 Å². The van der Waals surface area contributed by atoms with Crippen LogP contribution in [0.3, 0.4) is 0 Å². The molecule has 0 aromatic carbocycles. The Hall–Kier alpha value is -1.11. The summed E-state index contributed by atoms with van der Waals surface area (Å²) in [6.07, 6.45) is 0. The molecule has 1 aromatic rings. The molecule has 0 radical (unpaired) electrons. The summed E-state index contributed by atoms with van der Waals surface area (Å²) in [5, 5.41) is 0.478. The molecule has 0 atom stereocenters. The van der Waals surface area contributed by atoms with E-state index in [0.29, 0.717) is 30.9 Å². The molecule has 0 aliphatic carbocycles. The van der Waals surface area contributed by atoms with Gasteiger partial charge in [-0.15, -0.1) is 0 Å². The first-order valence-corrected chi connectivity index (χ1v) is 7.67. The second-order valence-electron chi connectivity index (χ2n) is 5.98. The molecule has 0 saturated carbocycles. The minimum absolute atomic E-state index is 0.172. The van der Waals surface area contributed by atoms with Gasteiger partial charge >= 0.3 is 0 Å². The maximum atomic E-state index is 6.19. The lowest BCUT2D eigenvalue weighted by Crippen LogP contribution is -2.48. The number of anilines is 2. The molecule has 0 unspecified atom stereocenters. The number of morpholine rings is 2. The van der Waals surface area contributed by atoms with Crippen molar-refractivity contribution in [3.05, 3.63) is 11.2 Å². The smallest absolute Gasteiger partial charge is 0.228 e. The van der Waals surface area contributed by atoms with Crippen molar-refractivity contribution in [3.63, 3.8) is 0 Å². The molecule has 2 saturated heterocycles. The van der Waals surface area contributed by atoms with Gasteiger partial charge in [-0.1, -0.05) is 11.6 Å². The monoisotopic (exact) mass is 312 g/mol. The van der Waals surface area contributed by atoms with Crippen molar-refractivity contribution < 1.29 is 9.47 Å². The highest BCUT2D eigenvalue weighted by Gasteiger charge is 2.28. The van der Waals surface area contributed by atoms with E-state index in [2.05, 4.69) is 28.6 Å². The van der Waals surface area contributed by atoms with Gasteiger partial charge in [0.15, 0.2) is 0 Å². The molecule has 0 amide bonds. The first kappa shape index (κ1) is 14.8. The molecule has 0 spiro atoms. The average Bonchev–Trinajstić information content (AvgIpc) is 2.46. The Bertz CT molecular complexity index is 506. The fraction of sp³-hybridized carbons (Fsp3) is 0.714. The number of aromatic nitrogens is 2. The minimum atomic E-state index is -0.172. The molecule has 2 aliphatic heterocycles. The number of rotatable bonds is 2. The molecule has 7 heteroatoms. The van der Waals surface area contributed by atoms with Crippen LogP contribution in [-0.4, -0.2) is 61.6 Å². The van der Waals surface area contributed by atoms with Gasteiger partial charge in [-0.05, 0) is 13.8 Å². The van der Waals surface area contributed by atoms with Gasteiger partial charge in [0, 0.05) is 32.2 Å². The predicted molar refractivity (Wildman–Crippen MR) is 82.3 cm³/mol. The van der Waals surface area contributed by atoms with Crippen LogP contribution < -0.4 is 9.80 Å². The van der Waals surface area contributed by atoms with Gasteiger partial charge in [-0.2, -0.15) is 4.98 Å². The molecule has 0 bridgehead atoms. The van der Waals surface area contributed by atoms with E-state index in [0.717, 1.165) is 32.0 Å². The second-order valence-corrected chi connectivity index (χ2v) is 6.37. The number of ether oxygens (including phenoxy) is 2. The number of hydrogen-bond acceptors (Lipinski definition) is 6. The standard InChI is InChI=1S/C14H21ClN4O2/c1-14(2)10-19(5-8-21-14)12-9-11(15)16-13(17-12)18-3-6-20-7-4-18/h9H,3-8,10H2,1-2H3. The summed E-state index contributed by atoms with van der Waals surface area (Å²) in [5.74, 6) is 1.55. The number of nitrogens with zero attached hydrogens (tertiary/aromatic N) is 4. The lowest BCUT2D eigenvalue weighted by Gasteiger charge is -2.39. The molecular formula is C14H21ClN4O2. The van der Waals surface area contributed by atoms with Crippen LogP contribution in [0.25, 0.3) is 0 Å². The quantitative estimate of drug-likeness (QED) is 0.773. The first-order chi connectivity index (χ1) is 10.0. The zero-order valence-corrected chi connectivity index (χ0v) is 13.3. The highest BCUT2D eigenvalue weighted by molar-refractivity contribution is 6.29. The highest BCUT2D eigenvalue weighted by atomic mass is 35.5. The average molecular weight is 313 g/mol. The topological polar surface area (TPSA) is 50.7 Å². The number of halogens is 1. The van der Waals surface area contributed by atoms with E-state index in [4.69, 9.17) is 26.1 Å². The molecule has 3 rings (SSSR count). The van der Waals surface area contributed by atoms with Crippen LogP contribution in [0.1, 0.15) is 13.8 Å². The van der Waals surface area contributed by atoms with Crippen molar-refractivity contribution in [1.82, 2.24) is 9.97 Å². The van der Waals surface area contributed by atoms with Gasteiger partial charge in [-0.3, -0.25) is 0 Å². The van der Waals surface area contributed by atoms with Crippen LogP contribution in [0, 0.1) is 0 Å². The lowest BCUT2D eigenvalue weighted by atomic mass is 10.1. The Kier molecular flexibility index (Phi) is 4.19. The number of hydrogen-bond donors (Lipinski definition) is 0. The zero-order chi connectivity index (χ0) is 14.9. The Labute approximate surface area is 130 Å². The first-order valence-electron chi connectivity index (χ1n) is 7.30. The lowest BCUT2D eigenvalue weighted by molar-refractivity contribution is -0.0279. The summed E-state index contributed by atoms with van der Waals surface area (Å²) in [7, 11) is 0. The fourth-order valence-corrected chi connectivity index (χ4v) is 2.85. The third kappa shape index (κ3) is 3.56. The summed E-state index contributed by atoms with van der Waals surface area (Å²) in [6, 6.07) is 1.83. The van der Waals surface area contributed by atoms with Gasteiger partial charge in [0.1, 0.15) is 11.0 Å². The molecule has 2 fully saturated rings. The van der Waals surface area contributed by atoms with Gasteiger partial charge in [0.2, 0.25) is 5.95 Å². The fourth-order valence-electron chi connectivity index (χ4n) is 2.67. The third-order valence-electron chi connectivity index (χ3n) is 3.71. The molecule has 116 valence electrons. The SMILES string of the molecule is CC1(C)CN(c2cc(Cl)nc(N3CCOCC3)n2)CCO1. The summed E-state index contributed by atoms with van der Waals surface area (Å²) in [6.45, 7) is 9.49. The molecule has 1 aromatic heterocycles. The van der Waals surface area contributed by atoms with Crippen LogP contribution in [0.2, 0.25) is 5.15 Å². The predicted octanol–water partition coefficient (Wildman–Crippen LogP) is 1.58. The maximum absolute atomic E-state index is 6.19. The molecule has 3 heterocycles. The van der Waals surface area contributed by atoms with Crippen LogP contribution in [0.5, 0.6) is 0 Å². The van der Waals surface area contributed by atoms with Crippen molar-refractivity contribution in [1.29, 1.82) is 0 Å². The normalized spacial score (nSPS) is 22.4. The second kappa shape index (κ2) is 5.94. The summed E-state index contributed by atoms with van der Waals surface area (Å²) < 4.78 is 11.1. The zero-order valence-electron chi connectivity index (χ0n) is 12.5. The van der Waals surface area contributed by atoms with Crippen LogP contribution >= 0.6 is 11.6 Å². The molecule has 2 aliphatic rings. The maximum Gasteiger partial charge on any atom is 0.228 e. The third-order valence-corrected chi connectivity index (χ3v) is 3.91. The Morgan fingerprint density at radius 1 is 1.10 bits per heavy atom. The van der Waals surface area contributed by atoms with Gasteiger partial charge in [0.05, 0.1) is 25.4 Å². The summed E-state index contributed by atoms with van der Waals surface area (Å²) >= 11 is 6.19. The Balaban J connectivity index is 1.83. The largest absolute Gasteiger partial charge is 0.378 e. The van der Waals surface area contributed by atoms with E-state index in [1.54, 1.807) is 0 Å². The van der Waals surface area contributed by atoms with Crippen molar-refractivity contribution in [2.45, 2.75) is 19.4 Å².